The van der Waals surface area contributed by atoms with E-state index in [9.17, 15) is 9.90 Å². The molecule has 0 saturated heterocycles. The second-order valence-electron chi connectivity index (χ2n) is 6.56. The van der Waals surface area contributed by atoms with Gasteiger partial charge in [0.05, 0.1) is 24.3 Å². The van der Waals surface area contributed by atoms with Gasteiger partial charge in [-0.15, -0.1) is 0 Å². The zero-order valence-corrected chi connectivity index (χ0v) is 18.2. The molecule has 10 heteroatoms. The monoisotopic (exact) mass is 455 g/mol. The first-order valence-electron chi connectivity index (χ1n) is 9.20. The van der Waals surface area contributed by atoms with Gasteiger partial charge in [-0.2, -0.15) is 0 Å². The number of esters is 1. The fraction of sp³-hybridized carbons (Fsp3) is 0.143. The van der Waals surface area contributed by atoms with Gasteiger partial charge in [0.15, 0.2) is 5.13 Å². The van der Waals surface area contributed by atoms with Crippen LogP contribution in [0.15, 0.2) is 48.7 Å². The minimum absolute atomic E-state index is 0.0588. The van der Waals surface area contributed by atoms with Crippen molar-refractivity contribution < 1.29 is 14.6 Å². The second-order valence-corrected chi connectivity index (χ2v) is 7.94. The fourth-order valence-electron chi connectivity index (χ4n) is 2.92. The van der Waals surface area contributed by atoms with E-state index in [1.165, 1.54) is 18.4 Å². The number of methoxy groups -OCH3 is 1. The molecule has 0 aliphatic rings. The van der Waals surface area contributed by atoms with Crippen molar-refractivity contribution in [1.82, 2.24) is 15.0 Å². The number of fused-ring (bicyclic) bond motifs is 1. The van der Waals surface area contributed by atoms with Crippen LogP contribution in [0.5, 0.6) is 0 Å². The fourth-order valence-corrected chi connectivity index (χ4v) is 3.95. The van der Waals surface area contributed by atoms with E-state index in [0.29, 0.717) is 21.8 Å². The van der Waals surface area contributed by atoms with Crippen LogP contribution in [0.2, 0.25) is 5.02 Å². The minimum atomic E-state index is -0.499. The Labute approximate surface area is 187 Å². The van der Waals surface area contributed by atoms with E-state index < -0.39 is 5.97 Å². The Kier molecular flexibility index (Phi) is 5.99. The van der Waals surface area contributed by atoms with Crippen LogP contribution < -0.4 is 10.2 Å². The van der Waals surface area contributed by atoms with Gasteiger partial charge in [-0.3, -0.25) is 0 Å². The van der Waals surface area contributed by atoms with Crippen molar-refractivity contribution in [2.24, 2.45) is 0 Å². The molecule has 0 bridgehead atoms. The van der Waals surface area contributed by atoms with Gasteiger partial charge in [-0.05, 0) is 48.0 Å². The summed E-state index contributed by atoms with van der Waals surface area (Å²) >= 11 is 7.51. The third-order valence-electron chi connectivity index (χ3n) is 4.57. The molecule has 0 unspecified atom stereocenters. The Bertz CT molecular complexity index is 1260. The van der Waals surface area contributed by atoms with Crippen LogP contribution in [0.3, 0.4) is 0 Å². The number of hydrogen-bond donors (Lipinski definition) is 2. The molecule has 31 heavy (non-hydrogen) atoms. The number of benzene rings is 1. The van der Waals surface area contributed by atoms with Crippen LogP contribution in [0.25, 0.3) is 10.3 Å². The number of aliphatic hydroxyl groups excluding tert-OH is 1. The van der Waals surface area contributed by atoms with Gasteiger partial charge >= 0.3 is 5.97 Å². The molecule has 4 rings (SSSR count). The highest BCUT2D eigenvalue weighted by molar-refractivity contribution is 7.21. The number of nitrogens with zero attached hydrogens (tertiary/aromatic N) is 4. The van der Waals surface area contributed by atoms with Crippen LogP contribution in [0.1, 0.15) is 15.9 Å². The molecular formula is C21H18ClN5O3S. The molecule has 1 aromatic carbocycles. The van der Waals surface area contributed by atoms with Gasteiger partial charge in [0.25, 0.3) is 0 Å². The third-order valence-corrected chi connectivity index (χ3v) is 5.78. The number of carbonyl (C=O) groups excluding carboxylic acids is 1. The first-order valence-corrected chi connectivity index (χ1v) is 10.4. The number of aliphatic hydroxyl groups is 1. The summed E-state index contributed by atoms with van der Waals surface area (Å²) in [5.41, 5.74) is 2.53. The first-order chi connectivity index (χ1) is 15.0. The van der Waals surface area contributed by atoms with Gasteiger partial charge in [-0.1, -0.05) is 22.9 Å². The number of thiazole rings is 1. The Morgan fingerprint density at radius 2 is 2.06 bits per heavy atom. The van der Waals surface area contributed by atoms with E-state index in [1.807, 2.05) is 24.1 Å². The number of anilines is 4. The van der Waals surface area contributed by atoms with Gasteiger partial charge in [0.1, 0.15) is 22.0 Å². The molecule has 158 valence electrons. The van der Waals surface area contributed by atoms with E-state index in [2.05, 4.69) is 15.3 Å². The first kappa shape index (κ1) is 21.0. The lowest BCUT2D eigenvalue weighted by atomic mass is 10.2. The maximum atomic E-state index is 11.9. The van der Waals surface area contributed by atoms with Crippen molar-refractivity contribution in [3.8, 4) is 0 Å². The van der Waals surface area contributed by atoms with Crippen LogP contribution in [-0.4, -0.2) is 40.2 Å². The summed E-state index contributed by atoms with van der Waals surface area (Å²) in [7, 11) is 3.17. The standard InChI is InChI=1S/C21H18ClN5O3S/c1-27(13-3-4-15(22)14(10-13)20(29)30-2)18-6-5-16-19(26-18)31-21(24-16)25-17-9-12(11-28)7-8-23-17/h3-10,28H,11H2,1-2H3,(H,23,24,25). The van der Waals surface area contributed by atoms with E-state index in [1.54, 1.807) is 36.5 Å². The summed E-state index contributed by atoms with van der Waals surface area (Å²) in [6, 6.07) is 12.4. The number of aromatic nitrogens is 3. The van der Waals surface area contributed by atoms with Crippen molar-refractivity contribution in [3.05, 3.63) is 64.8 Å². The number of carbonyl (C=O) groups is 1. The van der Waals surface area contributed by atoms with Gasteiger partial charge in [-0.25, -0.2) is 19.7 Å². The van der Waals surface area contributed by atoms with Crippen molar-refractivity contribution in [1.29, 1.82) is 0 Å². The summed E-state index contributed by atoms with van der Waals surface area (Å²) < 4.78 is 4.79. The van der Waals surface area contributed by atoms with E-state index >= 15 is 0 Å². The maximum absolute atomic E-state index is 11.9. The predicted molar refractivity (Wildman–Crippen MR) is 122 cm³/mol. The Balaban J connectivity index is 1.61. The van der Waals surface area contributed by atoms with E-state index in [4.69, 9.17) is 21.3 Å². The van der Waals surface area contributed by atoms with Gasteiger partial charge in [0, 0.05) is 18.9 Å². The minimum Gasteiger partial charge on any atom is -0.465 e. The zero-order valence-electron chi connectivity index (χ0n) is 16.7. The quantitative estimate of drug-likeness (QED) is 0.409. The summed E-state index contributed by atoms with van der Waals surface area (Å²) in [6.07, 6.45) is 1.63. The highest BCUT2D eigenvalue weighted by atomic mass is 35.5. The Hall–Kier alpha value is -3.27. The van der Waals surface area contributed by atoms with Gasteiger partial charge < -0.3 is 20.1 Å². The summed E-state index contributed by atoms with van der Waals surface area (Å²) in [5.74, 6) is 0.779. The van der Waals surface area contributed by atoms with Crippen molar-refractivity contribution >= 4 is 61.7 Å². The smallest absolute Gasteiger partial charge is 0.339 e. The highest BCUT2D eigenvalue weighted by Gasteiger charge is 2.15. The molecule has 0 amide bonds. The molecule has 3 heterocycles. The van der Waals surface area contributed by atoms with Crippen molar-refractivity contribution in [2.45, 2.75) is 6.61 Å². The molecule has 4 aromatic rings. The molecule has 0 aliphatic heterocycles. The normalized spacial score (nSPS) is 10.8. The molecule has 0 fully saturated rings. The maximum Gasteiger partial charge on any atom is 0.339 e. The van der Waals surface area contributed by atoms with E-state index in [0.717, 1.165) is 21.6 Å². The SMILES string of the molecule is COC(=O)c1cc(N(C)c2ccc3nc(Nc4cc(CO)ccn4)sc3n2)ccc1Cl. The number of hydrogen-bond acceptors (Lipinski definition) is 9. The summed E-state index contributed by atoms with van der Waals surface area (Å²) in [6.45, 7) is -0.0588. The van der Waals surface area contributed by atoms with Crippen molar-refractivity contribution in [2.75, 3.05) is 24.4 Å². The molecular weight excluding hydrogens is 438 g/mol. The highest BCUT2D eigenvalue weighted by Crippen LogP contribution is 2.31. The lowest BCUT2D eigenvalue weighted by Crippen LogP contribution is -2.12. The van der Waals surface area contributed by atoms with Crippen LogP contribution in [-0.2, 0) is 11.3 Å². The van der Waals surface area contributed by atoms with E-state index in [-0.39, 0.29) is 12.2 Å². The number of rotatable bonds is 6. The number of halogens is 1. The second kappa shape index (κ2) is 8.84. The number of nitrogens with one attached hydrogen (secondary N) is 1. The molecule has 0 spiro atoms. The topological polar surface area (TPSA) is 100 Å². The summed E-state index contributed by atoms with van der Waals surface area (Å²) in [5, 5.41) is 13.4. The molecule has 0 aliphatic carbocycles. The largest absolute Gasteiger partial charge is 0.465 e. The molecule has 2 N–H and O–H groups in total. The molecule has 0 radical (unpaired) electrons. The van der Waals surface area contributed by atoms with Crippen LogP contribution >= 0.6 is 22.9 Å². The molecule has 3 aromatic heterocycles. The average Bonchev–Trinajstić information content (AvgIpc) is 3.19. The predicted octanol–water partition coefficient (Wildman–Crippen LogP) is 4.53. The number of pyridine rings is 2. The Morgan fingerprint density at radius 3 is 2.84 bits per heavy atom. The third kappa shape index (κ3) is 4.43. The van der Waals surface area contributed by atoms with Crippen LogP contribution in [0.4, 0.5) is 22.5 Å². The van der Waals surface area contributed by atoms with Gasteiger partial charge in [0.2, 0.25) is 0 Å². The molecule has 8 nitrogen and oxygen atoms in total. The Morgan fingerprint density at radius 1 is 1.23 bits per heavy atom. The lowest BCUT2D eigenvalue weighted by Gasteiger charge is -2.19. The summed E-state index contributed by atoms with van der Waals surface area (Å²) in [4.78, 5) is 28.0. The number of ether oxygens (including phenoxy) is 1. The zero-order chi connectivity index (χ0) is 22.0. The van der Waals surface area contributed by atoms with Crippen LogP contribution in [0, 0.1) is 0 Å². The molecule has 0 saturated carbocycles. The molecule has 0 atom stereocenters. The average molecular weight is 456 g/mol. The van der Waals surface area contributed by atoms with Crippen molar-refractivity contribution in [3.63, 3.8) is 0 Å². The lowest BCUT2D eigenvalue weighted by molar-refractivity contribution is 0.0601.